The van der Waals surface area contributed by atoms with Gasteiger partial charge in [0.25, 0.3) is 0 Å². The number of carbonyl (C=O) groups is 1. The third kappa shape index (κ3) is 4.64. The summed E-state index contributed by atoms with van der Waals surface area (Å²) in [7, 11) is 0. The summed E-state index contributed by atoms with van der Waals surface area (Å²) in [6.45, 7) is 9.96. The highest BCUT2D eigenvalue weighted by Gasteiger charge is 2.22. The number of amides is 1. The van der Waals surface area contributed by atoms with E-state index < -0.39 is 0 Å². The van der Waals surface area contributed by atoms with Crippen LogP contribution < -0.4 is 11.1 Å². The van der Waals surface area contributed by atoms with Gasteiger partial charge in [0.05, 0.1) is 0 Å². The van der Waals surface area contributed by atoms with Crippen molar-refractivity contribution in [3.8, 4) is 0 Å². The maximum absolute atomic E-state index is 11.5. The summed E-state index contributed by atoms with van der Waals surface area (Å²) in [5, 5.41) is 3.49. The van der Waals surface area contributed by atoms with Gasteiger partial charge in [-0.15, -0.1) is 0 Å². The summed E-state index contributed by atoms with van der Waals surface area (Å²) in [5.41, 5.74) is 5.74. The second-order valence-corrected chi connectivity index (χ2v) is 5.49. The third-order valence-corrected chi connectivity index (χ3v) is 3.64. The molecule has 0 bridgehead atoms. The Labute approximate surface area is 105 Å². The van der Waals surface area contributed by atoms with Gasteiger partial charge < -0.3 is 16.0 Å². The van der Waals surface area contributed by atoms with Crippen LogP contribution in [0.5, 0.6) is 0 Å². The molecule has 3 N–H and O–H groups in total. The van der Waals surface area contributed by atoms with Crippen molar-refractivity contribution in [2.45, 2.75) is 39.7 Å². The van der Waals surface area contributed by atoms with Crippen molar-refractivity contribution in [2.75, 3.05) is 26.2 Å². The Morgan fingerprint density at radius 1 is 1.41 bits per heavy atom. The first-order valence-electron chi connectivity index (χ1n) is 6.75. The molecular weight excluding hydrogens is 214 g/mol. The van der Waals surface area contributed by atoms with Crippen molar-refractivity contribution in [2.24, 2.45) is 17.6 Å². The summed E-state index contributed by atoms with van der Waals surface area (Å²) < 4.78 is 0. The van der Waals surface area contributed by atoms with Gasteiger partial charge in [0, 0.05) is 25.6 Å². The number of nitrogens with one attached hydrogen (secondary N) is 1. The Hall–Kier alpha value is -0.610. The molecule has 0 saturated carbocycles. The van der Waals surface area contributed by atoms with Crippen LogP contribution in [0.15, 0.2) is 0 Å². The lowest BCUT2D eigenvalue weighted by molar-refractivity contribution is -0.127. The Morgan fingerprint density at radius 3 is 2.59 bits per heavy atom. The topological polar surface area (TPSA) is 58.4 Å². The molecule has 0 aromatic carbocycles. The number of nitrogens with zero attached hydrogens (tertiary/aromatic N) is 1. The normalized spacial score (nSPS) is 20.1. The van der Waals surface area contributed by atoms with Crippen LogP contribution in [0.1, 0.15) is 33.6 Å². The molecule has 17 heavy (non-hydrogen) atoms. The van der Waals surface area contributed by atoms with Gasteiger partial charge in [-0.2, -0.15) is 0 Å². The van der Waals surface area contributed by atoms with E-state index in [9.17, 15) is 4.79 Å². The van der Waals surface area contributed by atoms with Gasteiger partial charge in [0.15, 0.2) is 0 Å². The van der Waals surface area contributed by atoms with Crippen LogP contribution in [0.2, 0.25) is 0 Å². The average molecular weight is 241 g/mol. The maximum Gasteiger partial charge on any atom is 0.222 e. The number of likely N-dealkylation sites (tertiary alicyclic amines) is 1. The molecule has 1 saturated heterocycles. The van der Waals surface area contributed by atoms with Crippen molar-refractivity contribution in [1.29, 1.82) is 0 Å². The molecule has 0 aliphatic carbocycles. The minimum absolute atomic E-state index is 0.304. The number of rotatable bonds is 7. The zero-order valence-corrected chi connectivity index (χ0v) is 11.4. The summed E-state index contributed by atoms with van der Waals surface area (Å²) >= 11 is 0. The second-order valence-electron chi connectivity index (χ2n) is 5.49. The highest BCUT2D eigenvalue weighted by atomic mass is 16.2. The van der Waals surface area contributed by atoms with Crippen molar-refractivity contribution in [3.63, 3.8) is 0 Å². The van der Waals surface area contributed by atoms with Gasteiger partial charge in [-0.05, 0) is 38.3 Å². The molecule has 2 unspecified atom stereocenters. The summed E-state index contributed by atoms with van der Waals surface area (Å²) in [6.07, 6.45) is 1.74. The molecule has 1 fully saturated rings. The van der Waals surface area contributed by atoms with Gasteiger partial charge >= 0.3 is 0 Å². The van der Waals surface area contributed by atoms with E-state index in [0.717, 1.165) is 39.0 Å². The largest absolute Gasteiger partial charge is 0.341 e. The predicted octanol–water partition coefficient (Wildman–Crippen LogP) is 0.818. The number of hydrogen-bond donors (Lipinski definition) is 2. The molecule has 100 valence electrons. The third-order valence-electron chi connectivity index (χ3n) is 3.64. The fourth-order valence-electron chi connectivity index (χ4n) is 2.24. The lowest BCUT2D eigenvalue weighted by Gasteiger charge is -2.25. The van der Waals surface area contributed by atoms with E-state index in [1.807, 2.05) is 4.90 Å². The van der Waals surface area contributed by atoms with E-state index in [0.29, 0.717) is 23.8 Å². The first kappa shape index (κ1) is 14.5. The van der Waals surface area contributed by atoms with Gasteiger partial charge in [-0.3, -0.25) is 4.79 Å². The summed E-state index contributed by atoms with van der Waals surface area (Å²) in [5.74, 6) is 1.43. The first-order valence-corrected chi connectivity index (χ1v) is 6.75. The van der Waals surface area contributed by atoms with E-state index in [1.54, 1.807) is 0 Å². The van der Waals surface area contributed by atoms with Crippen LogP contribution >= 0.6 is 0 Å². The number of carbonyl (C=O) groups excluding carboxylic acids is 1. The minimum Gasteiger partial charge on any atom is -0.341 e. The quantitative estimate of drug-likeness (QED) is 0.694. The van der Waals surface area contributed by atoms with Crippen LogP contribution in [0, 0.1) is 11.8 Å². The molecule has 0 aromatic rings. The minimum atomic E-state index is 0.304. The van der Waals surface area contributed by atoms with Crippen LogP contribution in [0.3, 0.4) is 0 Å². The molecule has 2 atom stereocenters. The van der Waals surface area contributed by atoms with Gasteiger partial charge in [-0.25, -0.2) is 0 Å². The zero-order chi connectivity index (χ0) is 12.8. The molecule has 0 aromatic heterocycles. The predicted molar refractivity (Wildman–Crippen MR) is 70.7 cm³/mol. The van der Waals surface area contributed by atoms with Crippen LogP contribution in [-0.4, -0.2) is 43.0 Å². The second kappa shape index (κ2) is 6.97. The Balaban J connectivity index is 2.24. The molecule has 4 heteroatoms. The van der Waals surface area contributed by atoms with E-state index in [-0.39, 0.29) is 0 Å². The van der Waals surface area contributed by atoms with E-state index in [4.69, 9.17) is 5.73 Å². The van der Waals surface area contributed by atoms with Crippen molar-refractivity contribution in [1.82, 2.24) is 10.2 Å². The molecule has 1 heterocycles. The molecule has 0 spiro atoms. The van der Waals surface area contributed by atoms with Crippen LogP contribution in [-0.2, 0) is 4.79 Å². The Morgan fingerprint density at radius 2 is 2.12 bits per heavy atom. The zero-order valence-electron chi connectivity index (χ0n) is 11.4. The SMILES string of the molecule is CC(CN1CCCC1=O)NCC(CN)C(C)C. The van der Waals surface area contributed by atoms with E-state index in [1.165, 1.54) is 0 Å². The standard InChI is InChI=1S/C13H27N3O/c1-10(2)12(7-14)8-15-11(3)9-16-6-4-5-13(16)17/h10-12,15H,4-9,14H2,1-3H3. The number of hydrogen-bond acceptors (Lipinski definition) is 3. The molecular formula is C13H27N3O. The van der Waals surface area contributed by atoms with Gasteiger partial charge in [0.2, 0.25) is 5.91 Å². The number of nitrogens with two attached hydrogens (primary N) is 1. The monoisotopic (exact) mass is 241 g/mol. The highest BCUT2D eigenvalue weighted by molar-refractivity contribution is 5.78. The molecule has 0 radical (unpaired) electrons. The smallest absolute Gasteiger partial charge is 0.222 e. The fourth-order valence-corrected chi connectivity index (χ4v) is 2.24. The highest BCUT2D eigenvalue weighted by Crippen LogP contribution is 2.11. The maximum atomic E-state index is 11.5. The van der Waals surface area contributed by atoms with Crippen LogP contribution in [0.25, 0.3) is 0 Å². The van der Waals surface area contributed by atoms with Gasteiger partial charge in [-0.1, -0.05) is 13.8 Å². The molecule has 1 rings (SSSR count). The lowest BCUT2D eigenvalue weighted by Crippen LogP contribution is -2.43. The van der Waals surface area contributed by atoms with E-state index in [2.05, 4.69) is 26.1 Å². The lowest BCUT2D eigenvalue weighted by atomic mass is 9.96. The summed E-state index contributed by atoms with van der Waals surface area (Å²) in [4.78, 5) is 13.5. The Bertz CT molecular complexity index is 243. The molecule has 1 amide bonds. The molecule has 1 aliphatic heterocycles. The first-order chi connectivity index (χ1) is 8.04. The molecule has 4 nitrogen and oxygen atoms in total. The van der Waals surface area contributed by atoms with Crippen molar-refractivity contribution >= 4 is 5.91 Å². The average Bonchev–Trinajstić information content (AvgIpc) is 2.65. The Kier molecular flexibility index (Phi) is 5.92. The van der Waals surface area contributed by atoms with Gasteiger partial charge in [0.1, 0.15) is 0 Å². The van der Waals surface area contributed by atoms with Crippen LogP contribution in [0.4, 0.5) is 0 Å². The fraction of sp³-hybridized carbons (Fsp3) is 0.923. The van der Waals surface area contributed by atoms with Crippen molar-refractivity contribution < 1.29 is 4.79 Å². The molecule has 1 aliphatic rings. The van der Waals surface area contributed by atoms with E-state index >= 15 is 0 Å². The van der Waals surface area contributed by atoms with Crippen molar-refractivity contribution in [3.05, 3.63) is 0 Å². The summed E-state index contributed by atoms with van der Waals surface area (Å²) in [6, 6.07) is 0.352.